The van der Waals surface area contributed by atoms with E-state index in [-0.39, 0.29) is 31.4 Å². The van der Waals surface area contributed by atoms with Gasteiger partial charge in [0, 0.05) is 53.3 Å². The molecule has 2 aromatic rings. The quantitative estimate of drug-likeness (QED) is 0.109. The lowest BCUT2D eigenvalue weighted by Gasteiger charge is -2.34. The Morgan fingerprint density at radius 3 is 2.20 bits per heavy atom. The lowest BCUT2D eigenvalue weighted by Crippen LogP contribution is -2.32. The number of aromatic nitrogens is 2. The fourth-order valence-corrected chi connectivity index (χ4v) is 6.79. The van der Waals surface area contributed by atoms with Gasteiger partial charge in [0.15, 0.2) is 23.3 Å². The number of ether oxygens (including phenoxy) is 1. The van der Waals surface area contributed by atoms with Gasteiger partial charge in [-0.05, 0) is 61.5 Å². The Balaban J connectivity index is 1.23. The van der Waals surface area contributed by atoms with Crippen molar-refractivity contribution >= 4 is 17.3 Å². The number of thioether (sulfide) groups is 1. The molecule has 0 amide bonds. The number of benzene rings is 1. The fraction of sp³-hybridized carbons (Fsp3) is 0.394. The standard InChI is InChI=1S/C33H29F9N2OS/c1-2-3-8-46-21-15-43-32(44-16-21)18-5-7-22(25(35)10-18)17-4-6-23(24(34)9-17)19-11-26(36)30(27(37)12-19)33(41,42)45-20-13-28(38)31(40)29(39)14-20/h5,9-11,13-17,19,22-23H,2-4,6-8,12H2,1H3/t17-,19+,22-,23-/m1/s1. The molecule has 13 heteroatoms. The molecule has 3 nitrogen and oxygen atoms in total. The van der Waals surface area contributed by atoms with E-state index in [0.29, 0.717) is 17.5 Å². The summed E-state index contributed by atoms with van der Waals surface area (Å²) in [6.07, 6.45) is 5.57. The van der Waals surface area contributed by atoms with Gasteiger partial charge in [0.25, 0.3) is 0 Å². The molecule has 0 radical (unpaired) electrons. The van der Waals surface area contributed by atoms with E-state index in [1.807, 2.05) is 0 Å². The lowest BCUT2D eigenvalue weighted by atomic mass is 9.72. The van der Waals surface area contributed by atoms with Gasteiger partial charge in [-0.3, -0.25) is 0 Å². The number of rotatable bonds is 10. The molecule has 246 valence electrons. The zero-order valence-electron chi connectivity index (χ0n) is 24.5. The minimum atomic E-state index is -4.73. The Kier molecular flexibility index (Phi) is 10.4. The average Bonchev–Trinajstić information content (AvgIpc) is 2.99. The molecule has 0 fully saturated rings. The summed E-state index contributed by atoms with van der Waals surface area (Å²) in [5.74, 6) is -13.5. The zero-order valence-corrected chi connectivity index (χ0v) is 25.3. The van der Waals surface area contributed by atoms with Crippen LogP contribution in [0.5, 0.6) is 5.75 Å². The topological polar surface area (TPSA) is 35.0 Å². The van der Waals surface area contributed by atoms with Crippen LogP contribution in [0.25, 0.3) is 5.57 Å². The minimum absolute atomic E-state index is 0.0751. The molecule has 3 aliphatic rings. The Morgan fingerprint density at radius 2 is 1.59 bits per heavy atom. The second-order valence-electron chi connectivity index (χ2n) is 11.4. The maximum atomic E-state index is 15.4. The van der Waals surface area contributed by atoms with Crippen LogP contribution in [0.3, 0.4) is 0 Å². The number of unbranched alkanes of at least 4 members (excludes halogenated alkanes) is 1. The van der Waals surface area contributed by atoms with Crippen LogP contribution in [0.4, 0.5) is 39.5 Å². The normalized spacial score (nSPS) is 23.9. The van der Waals surface area contributed by atoms with Crippen molar-refractivity contribution in [3.8, 4) is 5.75 Å². The predicted octanol–water partition coefficient (Wildman–Crippen LogP) is 10.7. The van der Waals surface area contributed by atoms with Crippen molar-refractivity contribution in [1.82, 2.24) is 9.97 Å². The minimum Gasteiger partial charge on any atom is -0.429 e. The maximum Gasteiger partial charge on any atom is 0.432 e. The Bertz CT molecular complexity index is 1590. The number of allylic oxidation sites excluding steroid dienone is 8. The first-order valence-corrected chi connectivity index (χ1v) is 15.7. The fourth-order valence-electron chi connectivity index (χ4n) is 5.86. The van der Waals surface area contributed by atoms with Crippen LogP contribution in [-0.2, 0) is 0 Å². The Hall–Kier alpha value is -3.48. The van der Waals surface area contributed by atoms with E-state index >= 15 is 8.78 Å². The van der Waals surface area contributed by atoms with Crippen LogP contribution in [0.1, 0.15) is 51.3 Å². The highest BCUT2D eigenvalue weighted by Gasteiger charge is 2.47. The molecule has 0 saturated carbocycles. The van der Waals surface area contributed by atoms with Crippen molar-refractivity contribution in [2.75, 3.05) is 5.75 Å². The number of halogens is 9. The summed E-state index contributed by atoms with van der Waals surface area (Å²) < 4.78 is 134. The maximum absolute atomic E-state index is 15.4. The molecule has 0 aliphatic heterocycles. The van der Waals surface area contributed by atoms with Crippen molar-refractivity contribution in [2.24, 2.45) is 23.7 Å². The van der Waals surface area contributed by atoms with Crippen LogP contribution in [0.2, 0.25) is 0 Å². The van der Waals surface area contributed by atoms with Gasteiger partial charge < -0.3 is 4.74 Å². The summed E-state index contributed by atoms with van der Waals surface area (Å²) in [7, 11) is 0. The highest BCUT2D eigenvalue weighted by molar-refractivity contribution is 7.99. The van der Waals surface area contributed by atoms with Gasteiger partial charge in [0.05, 0.1) is 5.83 Å². The smallest absolute Gasteiger partial charge is 0.429 e. The van der Waals surface area contributed by atoms with E-state index in [4.69, 9.17) is 0 Å². The van der Waals surface area contributed by atoms with E-state index in [1.54, 1.807) is 30.2 Å². The molecule has 0 N–H and O–H groups in total. The lowest BCUT2D eigenvalue weighted by molar-refractivity contribution is -0.144. The molecule has 4 atom stereocenters. The van der Waals surface area contributed by atoms with Gasteiger partial charge in [0.1, 0.15) is 28.8 Å². The third kappa shape index (κ3) is 7.39. The SMILES string of the molecule is CCCCSc1cnc(C2=CC[C@H]([C@H]3C=C(F)[C@@H]([C@H]4C=C(F)C(C(F)(F)Oc5cc(F)c(F)c(F)c5)=C(F)C4)CC3)C(F)=C2)nc1. The predicted molar refractivity (Wildman–Crippen MR) is 156 cm³/mol. The molecule has 1 aromatic heterocycles. The van der Waals surface area contributed by atoms with E-state index in [0.717, 1.165) is 23.5 Å². The van der Waals surface area contributed by atoms with Crippen molar-refractivity contribution in [3.63, 3.8) is 0 Å². The van der Waals surface area contributed by atoms with Crippen LogP contribution in [0, 0.1) is 41.1 Å². The molecule has 0 saturated heterocycles. The number of hydrogen-bond acceptors (Lipinski definition) is 4. The molecule has 0 spiro atoms. The molecule has 5 rings (SSSR count). The second kappa shape index (κ2) is 14.1. The summed E-state index contributed by atoms with van der Waals surface area (Å²) in [6, 6.07) is 0.217. The van der Waals surface area contributed by atoms with Gasteiger partial charge in [-0.15, -0.1) is 11.8 Å². The molecule has 46 heavy (non-hydrogen) atoms. The molecular formula is C33H29F9N2OS. The first-order chi connectivity index (χ1) is 21.9. The largest absolute Gasteiger partial charge is 0.432 e. The molecule has 0 unspecified atom stereocenters. The highest BCUT2D eigenvalue weighted by atomic mass is 32.2. The van der Waals surface area contributed by atoms with E-state index < -0.39 is 88.3 Å². The van der Waals surface area contributed by atoms with Crippen LogP contribution >= 0.6 is 11.8 Å². The van der Waals surface area contributed by atoms with Gasteiger partial charge in [-0.25, -0.2) is 40.7 Å². The molecule has 1 heterocycles. The van der Waals surface area contributed by atoms with Gasteiger partial charge in [-0.2, -0.15) is 8.78 Å². The summed E-state index contributed by atoms with van der Waals surface area (Å²) in [6.45, 7) is 2.10. The summed E-state index contributed by atoms with van der Waals surface area (Å²) in [5, 5.41) is 0. The van der Waals surface area contributed by atoms with Gasteiger partial charge in [-0.1, -0.05) is 19.4 Å². The Labute approximate surface area is 264 Å². The van der Waals surface area contributed by atoms with Crippen LogP contribution in [-0.4, -0.2) is 21.8 Å². The average molecular weight is 673 g/mol. The van der Waals surface area contributed by atoms with E-state index in [9.17, 15) is 30.7 Å². The first kappa shape index (κ1) is 33.9. The van der Waals surface area contributed by atoms with Gasteiger partial charge in [0.2, 0.25) is 0 Å². The monoisotopic (exact) mass is 672 g/mol. The molecular weight excluding hydrogens is 643 g/mol. The second-order valence-corrected chi connectivity index (χ2v) is 12.5. The van der Waals surface area contributed by atoms with Crippen LogP contribution in [0.15, 0.2) is 82.6 Å². The molecule has 1 aromatic carbocycles. The number of alkyl halides is 2. The molecule has 0 bridgehead atoms. The van der Waals surface area contributed by atoms with Crippen molar-refractivity contribution < 1.29 is 44.3 Å². The number of nitrogens with zero attached hydrogens (tertiary/aromatic N) is 2. The molecule has 3 aliphatic carbocycles. The van der Waals surface area contributed by atoms with Crippen molar-refractivity contribution in [1.29, 1.82) is 0 Å². The third-order valence-electron chi connectivity index (χ3n) is 8.24. The third-order valence-corrected chi connectivity index (χ3v) is 9.28. The summed E-state index contributed by atoms with van der Waals surface area (Å²) in [4.78, 5) is 9.59. The van der Waals surface area contributed by atoms with E-state index in [1.165, 1.54) is 12.2 Å². The highest BCUT2D eigenvalue weighted by Crippen LogP contribution is 2.48. The summed E-state index contributed by atoms with van der Waals surface area (Å²) >= 11 is 1.64. The first-order valence-electron chi connectivity index (χ1n) is 14.8. The van der Waals surface area contributed by atoms with Crippen molar-refractivity contribution in [3.05, 3.63) is 101 Å². The zero-order chi connectivity index (χ0) is 33.2. The summed E-state index contributed by atoms with van der Waals surface area (Å²) in [5.41, 5.74) is -1.30. The van der Waals surface area contributed by atoms with Gasteiger partial charge >= 0.3 is 6.11 Å². The Morgan fingerprint density at radius 1 is 0.891 bits per heavy atom. The number of hydrogen-bond donors (Lipinski definition) is 0. The van der Waals surface area contributed by atoms with E-state index in [2.05, 4.69) is 21.6 Å². The van der Waals surface area contributed by atoms with Crippen LogP contribution < -0.4 is 4.74 Å². The van der Waals surface area contributed by atoms with Crippen molar-refractivity contribution in [2.45, 2.75) is 56.5 Å².